The number of hydrogen-bond donors (Lipinski definition) is 3. The molecule has 42 heavy (non-hydrogen) atoms. The topological polar surface area (TPSA) is 168 Å². The molecular weight excluding hydrogens is 547 g/mol. The molecule has 0 aliphatic carbocycles. The predicted molar refractivity (Wildman–Crippen MR) is 149 cm³/mol. The lowest BCUT2D eigenvalue weighted by Gasteiger charge is -2.34. The first kappa shape index (κ1) is 28.6. The van der Waals surface area contributed by atoms with E-state index in [-0.39, 0.29) is 42.1 Å². The van der Waals surface area contributed by atoms with Crippen LogP contribution in [0.3, 0.4) is 0 Å². The van der Waals surface area contributed by atoms with Crippen molar-refractivity contribution in [3.63, 3.8) is 0 Å². The fourth-order valence-electron chi connectivity index (χ4n) is 5.11. The van der Waals surface area contributed by atoms with Crippen LogP contribution in [0.5, 0.6) is 5.75 Å². The molecule has 0 saturated heterocycles. The summed E-state index contributed by atoms with van der Waals surface area (Å²) in [6.07, 6.45) is 2.49. The first-order valence-electron chi connectivity index (χ1n) is 13.6. The second-order valence-electron chi connectivity index (χ2n) is 10.9. The predicted octanol–water partition coefficient (Wildman–Crippen LogP) is 1.48. The minimum atomic E-state index is -0.712. The number of pyridine rings is 2. The number of halogens is 1. The Morgan fingerprint density at radius 2 is 1.93 bits per heavy atom. The van der Waals surface area contributed by atoms with Crippen molar-refractivity contribution in [1.82, 2.24) is 39.3 Å². The summed E-state index contributed by atoms with van der Waals surface area (Å²) < 4.78 is 17.7. The van der Waals surface area contributed by atoms with E-state index in [1.807, 2.05) is 27.7 Å². The molecule has 14 heteroatoms. The normalized spacial score (nSPS) is 14.1. The van der Waals surface area contributed by atoms with Crippen molar-refractivity contribution in [2.24, 2.45) is 11.8 Å². The maximum Gasteiger partial charge on any atom is 0.347 e. The van der Waals surface area contributed by atoms with Gasteiger partial charge in [0.2, 0.25) is 11.3 Å². The van der Waals surface area contributed by atoms with Crippen LogP contribution in [0.15, 0.2) is 40.2 Å². The van der Waals surface area contributed by atoms with E-state index in [4.69, 9.17) is 0 Å². The first-order chi connectivity index (χ1) is 20.0. The van der Waals surface area contributed by atoms with Gasteiger partial charge >= 0.3 is 5.69 Å². The number of amides is 2. The maximum absolute atomic E-state index is 14.9. The van der Waals surface area contributed by atoms with Gasteiger partial charge in [0.1, 0.15) is 0 Å². The molecule has 5 rings (SSSR count). The van der Waals surface area contributed by atoms with Crippen molar-refractivity contribution >= 4 is 17.5 Å². The van der Waals surface area contributed by atoms with Crippen LogP contribution < -0.4 is 16.4 Å². The monoisotopic (exact) mass is 578 g/mol. The molecule has 3 N–H and O–H groups in total. The van der Waals surface area contributed by atoms with Gasteiger partial charge in [0, 0.05) is 55.0 Å². The Labute approximate surface area is 239 Å². The van der Waals surface area contributed by atoms with E-state index in [0.29, 0.717) is 30.0 Å². The highest BCUT2D eigenvalue weighted by molar-refractivity contribution is 5.96. The van der Waals surface area contributed by atoms with Gasteiger partial charge in [-0.3, -0.25) is 14.4 Å². The summed E-state index contributed by atoms with van der Waals surface area (Å²) in [5.74, 6) is -2.86. The van der Waals surface area contributed by atoms with E-state index in [1.165, 1.54) is 16.7 Å². The van der Waals surface area contributed by atoms with E-state index in [0.717, 1.165) is 6.20 Å². The lowest BCUT2D eigenvalue weighted by molar-refractivity contribution is -0.126. The Morgan fingerprint density at radius 3 is 2.64 bits per heavy atom. The van der Waals surface area contributed by atoms with Gasteiger partial charge in [-0.15, -0.1) is 0 Å². The molecular formula is C28H31FN8O5. The smallest absolute Gasteiger partial charge is 0.347 e. The van der Waals surface area contributed by atoms with Crippen molar-refractivity contribution < 1.29 is 19.1 Å². The van der Waals surface area contributed by atoms with Crippen LogP contribution in [-0.4, -0.2) is 63.5 Å². The molecule has 5 heterocycles. The lowest BCUT2D eigenvalue weighted by atomic mass is 9.90. The van der Waals surface area contributed by atoms with E-state index in [1.54, 1.807) is 21.6 Å². The van der Waals surface area contributed by atoms with Gasteiger partial charge in [0.25, 0.3) is 5.91 Å². The summed E-state index contributed by atoms with van der Waals surface area (Å²) in [6, 6.07) is 4.35. The molecule has 220 valence electrons. The molecule has 13 nitrogen and oxygen atoms in total. The number of H-pyrrole nitrogens is 1. The van der Waals surface area contributed by atoms with Gasteiger partial charge in [-0.1, -0.05) is 13.8 Å². The van der Waals surface area contributed by atoms with E-state index < -0.39 is 40.4 Å². The number of nitrogens with one attached hydrogen (secondary N) is 2. The third kappa shape index (κ3) is 5.27. The Bertz CT molecular complexity index is 1810. The summed E-state index contributed by atoms with van der Waals surface area (Å²) in [6.45, 7) is 8.02. The summed E-state index contributed by atoms with van der Waals surface area (Å²) in [5.41, 5.74) is 0.0265. The van der Waals surface area contributed by atoms with Gasteiger partial charge in [-0.05, 0) is 31.9 Å². The number of carbonyl (C=O) groups is 2. The molecule has 0 radical (unpaired) electrons. The highest BCUT2D eigenvalue weighted by Gasteiger charge is 2.32. The van der Waals surface area contributed by atoms with Crippen LogP contribution in [0.25, 0.3) is 17.0 Å². The largest absolute Gasteiger partial charge is 0.503 e. The quantitative estimate of drug-likeness (QED) is 0.283. The van der Waals surface area contributed by atoms with Gasteiger partial charge < -0.3 is 19.9 Å². The first-order valence-corrected chi connectivity index (χ1v) is 13.6. The average Bonchev–Trinajstić information content (AvgIpc) is 3.32. The summed E-state index contributed by atoms with van der Waals surface area (Å²) >= 11 is 0. The fraction of sp³-hybridized carbons (Fsp3) is 0.393. The number of nitrogens with zero attached hydrogens (tertiary/aromatic N) is 6. The van der Waals surface area contributed by atoms with Gasteiger partial charge in [0.15, 0.2) is 28.7 Å². The van der Waals surface area contributed by atoms with Crippen LogP contribution in [0, 0.1) is 17.7 Å². The summed E-state index contributed by atoms with van der Waals surface area (Å²) in [7, 11) is 0. The number of rotatable bonds is 8. The molecule has 1 atom stereocenters. The standard InChI is InChI=1S/C28H31FN8O5/c1-14(2)18(10-20-19(29)12-30-25(32-20)16-5-6-22-33-34-28(42)37(22)13-16)26(40)31-11-17-9-21(38)24(39)23-27(41)35(15(3)4)7-8-36(17)23/h5-6,9,12-15,18,39H,7-8,10-11H2,1-4H3,(H,31,40)(H,34,42)/t18-/m0/s1. The van der Waals surface area contributed by atoms with E-state index in [2.05, 4.69) is 25.5 Å². The molecule has 0 saturated carbocycles. The van der Waals surface area contributed by atoms with Gasteiger partial charge in [-0.2, -0.15) is 5.10 Å². The molecule has 0 unspecified atom stereocenters. The van der Waals surface area contributed by atoms with Crippen molar-refractivity contribution in [1.29, 1.82) is 0 Å². The Morgan fingerprint density at radius 1 is 1.17 bits per heavy atom. The zero-order valence-electron chi connectivity index (χ0n) is 23.6. The second kappa shape index (κ2) is 11.2. The zero-order chi connectivity index (χ0) is 30.3. The van der Waals surface area contributed by atoms with Crippen molar-refractivity contribution in [3.8, 4) is 17.1 Å². The summed E-state index contributed by atoms with van der Waals surface area (Å²) in [4.78, 5) is 60.8. The third-order valence-corrected chi connectivity index (χ3v) is 7.51. The number of aromatic nitrogens is 6. The minimum Gasteiger partial charge on any atom is -0.503 e. The SMILES string of the molecule is CC(C)[C@H](Cc1nc(-c2ccc3n[nH]c(=O)n3c2)ncc1F)C(=O)NCc1cc(=O)c(O)c2n1CCN(C(C)C)C2=O. The molecule has 0 fully saturated rings. The molecule has 0 spiro atoms. The molecule has 1 aliphatic heterocycles. The Kier molecular flexibility index (Phi) is 7.63. The average molecular weight is 579 g/mol. The highest BCUT2D eigenvalue weighted by atomic mass is 19.1. The maximum atomic E-state index is 14.9. The van der Waals surface area contributed by atoms with Crippen LogP contribution in [0.1, 0.15) is 49.6 Å². The van der Waals surface area contributed by atoms with Crippen LogP contribution in [0.2, 0.25) is 0 Å². The van der Waals surface area contributed by atoms with Crippen molar-refractivity contribution in [2.75, 3.05) is 6.54 Å². The molecule has 1 aliphatic rings. The van der Waals surface area contributed by atoms with Gasteiger partial charge in [0.05, 0.1) is 18.4 Å². The highest BCUT2D eigenvalue weighted by Crippen LogP contribution is 2.24. The number of fused-ring (bicyclic) bond motifs is 2. The number of aromatic hydroxyl groups is 1. The zero-order valence-corrected chi connectivity index (χ0v) is 23.6. The van der Waals surface area contributed by atoms with Gasteiger partial charge in [-0.25, -0.2) is 28.7 Å². The molecule has 4 aromatic heterocycles. The summed E-state index contributed by atoms with van der Waals surface area (Å²) in [5, 5.41) is 19.4. The second-order valence-corrected chi connectivity index (χ2v) is 10.9. The Balaban J connectivity index is 1.37. The van der Waals surface area contributed by atoms with Crippen LogP contribution in [-0.2, 0) is 24.3 Å². The molecule has 0 aromatic carbocycles. The molecule has 2 amide bonds. The van der Waals surface area contributed by atoms with E-state index in [9.17, 15) is 28.7 Å². The fourth-order valence-corrected chi connectivity index (χ4v) is 5.11. The van der Waals surface area contributed by atoms with Crippen LogP contribution >= 0.6 is 0 Å². The lowest BCUT2D eigenvalue weighted by Crippen LogP contribution is -2.46. The molecule has 4 aromatic rings. The van der Waals surface area contributed by atoms with Crippen molar-refractivity contribution in [2.45, 2.75) is 53.2 Å². The number of carbonyl (C=O) groups excluding carboxylic acids is 2. The minimum absolute atomic E-state index is 0.0334. The third-order valence-electron chi connectivity index (χ3n) is 7.51. The van der Waals surface area contributed by atoms with E-state index >= 15 is 0 Å². The number of hydrogen-bond acceptors (Lipinski definition) is 8. The van der Waals surface area contributed by atoms with Crippen molar-refractivity contribution in [3.05, 3.63) is 74.2 Å². The van der Waals surface area contributed by atoms with Crippen LogP contribution in [0.4, 0.5) is 4.39 Å². The molecule has 0 bridgehead atoms. The number of aromatic amines is 1. The Hall–Kier alpha value is -4.88.